The quantitative estimate of drug-likeness (QED) is 0.639. The number of ketones is 1. The second-order valence-electron chi connectivity index (χ2n) is 4.48. The van der Waals surface area contributed by atoms with E-state index in [-0.39, 0.29) is 5.56 Å². The lowest BCUT2D eigenvalue weighted by Gasteiger charge is -2.08. The Morgan fingerprint density at radius 2 is 1.81 bits per heavy atom. The molecule has 4 heteroatoms. The molecule has 21 heavy (non-hydrogen) atoms. The van der Waals surface area contributed by atoms with Crippen molar-refractivity contribution in [1.29, 1.82) is 0 Å². The first-order valence-electron chi connectivity index (χ1n) is 6.29. The summed E-state index contributed by atoms with van der Waals surface area (Å²) in [5, 5.41) is 0.407. The van der Waals surface area contributed by atoms with Crippen molar-refractivity contribution in [3.8, 4) is 11.3 Å². The van der Waals surface area contributed by atoms with Crippen LogP contribution in [0.15, 0.2) is 65.3 Å². The lowest BCUT2D eigenvalue weighted by Crippen LogP contribution is -2.06. The summed E-state index contributed by atoms with van der Waals surface area (Å²) in [6, 6.07) is 14.2. The molecule has 0 radical (unpaired) electrons. The van der Waals surface area contributed by atoms with Crippen LogP contribution in [0.2, 0.25) is 5.02 Å². The molecule has 0 unspecified atom stereocenters. The molecule has 2 nitrogen and oxygen atoms in total. The van der Waals surface area contributed by atoms with Crippen molar-refractivity contribution in [3.63, 3.8) is 0 Å². The van der Waals surface area contributed by atoms with Gasteiger partial charge in [-0.25, -0.2) is 4.39 Å². The molecular formula is C17H10ClFO2. The Labute approximate surface area is 125 Å². The van der Waals surface area contributed by atoms with Crippen molar-refractivity contribution >= 4 is 17.4 Å². The van der Waals surface area contributed by atoms with E-state index in [0.717, 1.165) is 0 Å². The second kappa shape index (κ2) is 5.54. The molecular weight excluding hydrogens is 291 g/mol. The zero-order valence-corrected chi connectivity index (χ0v) is 11.6. The normalized spacial score (nSPS) is 10.6. The van der Waals surface area contributed by atoms with E-state index in [4.69, 9.17) is 16.0 Å². The highest BCUT2D eigenvalue weighted by Gasteiger charge is 2.19. The van der Waals surface area contributed by atoms with Gasteiger partial charge in [-0.15, -0.1) is 0 Å². The van der Waals surface area contributed by atoms with E-state index in [0.29, 0.717) is 21.9 Å². The van der Waals surface area contributed by atoms with Gasteiger partial charge in [0.05, 0.1) is 11.8 Å². The second-order valence-corrected chi connectivity index (χ2v) is 4.91. The fraction of sp³-hybridized carbons (Fsp3) is 0. The lowest BCUT2D eigenvalue weighted by atomic mass is 9.97. The average molecular weight is 301 g/mol. The zero-order valence-electron chi connectivity index (χ0n) is 10.8. The van der Waals surface area contributed by atoms with Gasteiger partial charge in [0, 0.05) is 16.1 Å². The molecule has 0 fully saturated rings. The smallest absolute Gasteiger partial charge is 0.196 e. The van der Waals surface area contributed by atoms with Gasteiger partial charge in [-0.05, 0) is 42.5 Å². The molecule has 0 aliphatic carbocycles. The van der Waals surface area contributed by atoms with Crippen LogP contribution in [-0.4, -0.2) is 5.78 Å². The van der Waals surface area contributed by atoms with Crippen LogP contribution >= 0.6 is 11.6 Å². The summed E-state index contributed by atoms with van der Waals surface area (Å²) in [6.07, 6.45) is 1.52. The Morgan fingerprint density at radius 1 is 1.00 bits per heavy atom. The molecule has 0 saturated carbocycles. The third-order valence-corrected chi connectivity index (χ3v) is 3.37. The first-order chi connectivity index (χ1) is 10.2. The highest BCUT2D eigenvalue weighted by Crippen LogP contribution is 2.29. The van der Waals surface area contributed by atoms with Gasteiger partial charge in [-0.1, -0.05) is 23.7 Å². The highest BCUT2D eigenvalue weighted by atomic mass is 35.5. The van der Waals surface area contributed by atoms with Crippen LogP contribution < -0.4 is 0 Å². The fourth-order valence-electron chi connectivity index (χ4n) is 2.14. The Hall–Kier alpha value is -2.39. The molecule has 0 amide bonds. The predicted octanol–water partition coefficient (Wildman–Crippen LogP) is 4.97. The molecule has 0 N–H and O–H groups in total. The van der Waals surface area contributed by atoms with Crippen LogP contribution in [0.4, 0.5) is 4.39 Å². The van der Waals surface area contributed by atoms with E-state index in [1.807, 2.05) is 0 Å². The molecule has 0 bridgehead atoms. The van der Waals surface area contributed by atoms with E-state index in [1.165, 1.54) is 30.5 Å². The number of hydrogen-bond donors (Lipinski definition) is 0. The number of furan rings is 1. The third-order valence-electron chi connectivity index (χ3n) is 3.13. The summed E-state index contributed by atoms with van der Waals surface area (Å²) in [5.41, 5.74) is 0.896. The number of carbonyl (C=O) groups excluding carboxylic acids is 1. The first kappa shape index (κ1) is 13.6. The van der Waals surface area contributed by atoms with Gasteiger partial charge in [0.2, 0.25) is 0 Å². The standard InChI is InChI=1S/C17H10ClFO2/c18-11-7-8-12(16-6-3-9-21-16)14(10-11)17(20)13-4-1-2-5-15(13)19/h1-10H. The molecule has 1 aromatic heterocycles. The summed E-state index contributed by atoms with van der Waals surface area (Å²) in [6.45, 7) is 0. The third kappa shape index (κ3) is 2.60. The molecule has 0 aliphatic rings. The Balaban J connectivity index is 2.16. The van der Waals surface area contributed by atoms with Gasteiger partial charge < -0.3 is 4.42 Å². The monoisotopic (exact) mass is 300 g/mol. The van der Waals surface area contributed by atoms with E-state index in [9.17, 15) is 9.18 Å². The molecule has 3 aromatic rings. The first-order valence-corrected chi connectivity index (χ1v) is 6.67. The van der Waals surface area contributed by atoms with Gasteiger partial charge in [0.25, 0.3) is 0 Å². The van der Waals surface area contributed by atoms with Gasteiger partial charge >= 0.3 is 0 Å². The maximum Gasteiger partial charge on any atom is 0.196 e. The van der Waals surface area contributed by atoms with E-state index in [2.05, 4.69) is 0 Å². The lowest BCUT2D eigenvalue weighted by molar-refractivity contribution is 0.103. The molecule has 0 atom stereocenters. The summed E-state index contributed by atoms with van der Waals surface area (Å²) in [5.74, 6) is -0.457. The van der Waals surface area contributed by atoms with Crippen molar-refractivity contribution in [1.82, 2.24) is 0 Å². The summed E-state index contributed by atoms with van der Waals surface area (Å²) in [4.78, 5) is 12.6. The predicted molar refractivity (Wildman–Crippen MR) is 79.0 cm³/mol. The number of carbonyl (C=O) groups is 1. The molecule has 1 heterocycles. The van der Waals surface area contributed by atoms with E-state index in [1.54, 1.807) is 30.3 Å². The molecule has 104 valence electrons. The molecule has 3 rings (SSSR count). The van der Waals surface area contributed by atoms with Crippen molar-refractivity contribution in [2.75, 3.05) is 0 Å². The van der Waals surface area contributed by atoms with Gasteiger partial charge in [0.1, 0.15) is 11.6 Å². The molecule has 2 aromatic carbocycles. The summed E-state index contributed by atoms with van der Waals surface area (Å²) >= 11 is 5.97. The largest absolute Gasteiger partial charge is 0.464 e. The summed E-state index contributed by atoms with van der Waals surface area (Å²) in [7, 11) is 0. The maximum absolute atomic E-state index is 13.8. The van der Waals surface area contributed by atoms with Crippen LogP contribution in [-0.2, 0) is 0 Å². The van der Waals surface area contributed by atoms with Gasteiger partial charge in [-0.2, -0.15) is 0 Å². The topological polar surface area (TPSA) is 30.2 Å². The van der Waals surface area contributed by atoms with Crippen LogP contribution in [0.1, 0.15) is 15.9 Å². The van der Waals surface area contributed by atoms with Crippen molar-refractivity contribution < 1.29 is 13.6 Å². The Bertz CT molecular complexity index is 794. The Morgan fingerprint density at radius 3 is 2.52 bits per heavy atom. The van der Waals surface area contributed by atoms with Crippen molar-refractivity contribution in [2.45, 2.75) is 0 Å². The average Bonchev–Trinajstić information content (AvgIpc) is 3.01. The van der Waals surface area contributed by atoms with E-state index >= 15 is 0 Å². The molecule has 0 aliphatic heterocycles. The van der Waals surface area contributed by atoms with Crippen LogP contribution in [0.3, 0.4) is 0 Å². The minimum atomic E-state index is -0.562. The van der Waals surface area contributed by atoms with Crippen LogP contribution in [0, 0.1) is 5.82 Å². The Kier molecular flexibility index (Phi) is 3.59. The maximum atomic E-state index is 13.8. The fourth-order valence-corrected chi connectivity index (χ4v) is 2.31. The van der Waals surface area contributed by atoms with Crippen molar-refractivity contribution in [3.05, 3.63) is 82.8 Å². The van der Waals surface area contributed by atoms with Crippen LogP contribution in [0.25, 0.3) is 11.3 Å². The number of benzene rings is 2. The SMILES string of the molecule is O=C(c1ccccc1F)c1cc(Cl)ccc1-c1ccco1. The number of rotatable bonds is 3. The molecule has 0 saturated heterocycles. The van der Waals surface area contributed by atoms with Crippen LogP contribution in [0.5, 0.6) is 0 Å². The molecule has 0 spiro atoms. The van der Waals surface area contributed by atoms with E-state index < -0.39 is 11.6 Å². The minimum Gasteiger partial charge on any atom is -0.464 e. The highest BCUT2D eigenvalue weighted by molar-refractivity contribution is 6.31. The van der Waals surface area contributed by atoms with Crippen molar-refractivity contribution in [2.24, 2.45) is 0 Å². The minimum absolute atomic E-state index is 0.00701. The van der Waals surface area contributed by atoms with Gasteiger partial charge in [0.15, 0.2) is 5.78 Å². The summed E-state index contributed by atoms with van der Waals surface area (Å²) < 4.78 is 19.2. The number of hydrogen-bond acceptors (Lipinski definition) is 2. The zero-order chi connectivity index (χ0) is 14.8. The number of halogens is 2. The van der Waals surface area contributed by atoms with Gasteiger partial charge in [-0.3, -0.25) is 4.79 Å².